The molecule has 2 nitrogen and oxygen atoms in total. The van der Waals surface area contributed by atoms with Crippen LogP contribution in [0.2, 0.25) is 0 Å². The first-order valence-corrected chi connectivity index (χ1v) is 4.98. The maximum Gasteiger partial charge on any atom is 0.250 e. The van der Waals surface area contributed by atoms with Crippen LogP contribution >= 0.6 is 0 Å². The van der Waals surface area contributed by atoms with Crippen LogP contribution in [0.15, 0.2) is 0 Å². The van der Waals surface area contributed by atoms with Crippen LogP contribution in [0.1, 0.15) is 19.3 Å². The molecular formula is C9H18F2N2. The molecule has 1 atom stereocenters. The average Bonchev–Trinajstić information content (AvgIpc) is 2.55. The summed E-state index contributed by atoms with van der Waals surface area (Å²) in [5, 5.41) is 6.03. The molecule has 78 valence electrons. The first-order valence-electron chi connectivity index (χ1n) is 4.98. The third-order valence-electron chi connectivity index (χ3n) is 2.43. The Morgan fingerprint density at radius 2 is 2.31 bits per heavy atom. The Bertz CT molecular complexity index is 125. The molecule has 0 aromatic rings. The predicted molar refractivity (Wildman–Crippen MR) is 49.1 cm³/mol. The van der Waals surface area contributed by atoms with Crippen molar-refractivity contribution in [2.24, 2.45) is 5.92 Å². The smallest absolute Gasteiger partial charge is 0.250 e. The lowest BCUT2D eigenvalue weighted by molar-refractivity contribution is 0.146. The van der Waals surface area contributed by atoms with Crippen LogP contribution in [0.3, 0.4) is 0 Å². The topological polar surface area (TPSA) is 24.1 Å². The number of hydrogen-bond donors (Lipinski definition) is 2. The molecule has 4 heteroatoms. The van der Waals surface area contributed by atoms with Gasteiger partial charge in [-0.1, -0.05) is 0 Å². The van der Waals surface area contributed by atoms with Gasteiger partial charge in [-0.05, 0) is 44.8 Å². The lowest BCUT2D eigenvalue weighted by Gasteiger charge is -2.08. The van der Waals surface area contributed by atoms with Gasteiger partial charge >= 0.3 is 0 Å². The molecule has 1 aliphatic heterocycles. The highest BCUT2D eigenvalue weighted by Crippen LogP contribution is 2.13. The van der Waals surface area contributed by atoms with E-state index in [0.717, 1.165) is 38.4 Å². The Morgan fingerprint density at radius 3 is 2.92 bits per heavy atom. The van der Waals surface area contributed by atoms with Crippen molar-refractivity contribution >= 4 is 0 Å². The monoisotopic (exact) mass is 192 g/mol. The summed E-state index contributed by atoms with van der Waals surface area (Å²) in [6.45, 7) is 2.79. The summed E-state index contributed by atoms with van der Waals surface area (Å²) in [4.78, 5) is 0. The van der Waals surface area contributed by atoms with E-state index in [1.165, 1.54) is 6.42 Å². The maximum atomic E-state index is 11.7. The van der Waals surface area contributed by atoms with Crippen LogP contribution in [-0.4, -0.2) is 32.6 Å². The fourth-order valence-corrected chi connectivity index (χ4v) is 1.69. The van der Waals surface area contributed by atoms with Gasteiger partial charge in [0.25, 0.3) is 6.43 Å². The number of halogens is 2. The van der Waals surface area contributed by atoms with Gasteiger partial charge in [-0.3, -0.25) is 0 Å². The minimum atomic E-state index is -2.21. The average molecular weight is 192 g/mol. The third kappa shape index (κ3) is 5.16. The lowest BCUT2D eigenvalue weighted by atomic mass is 10.0. The first kappa shape index (κ1) is 10.9. The largest absolute Gasteiger partial charge is 0.316 e. The standard InChI is InChI=1S/C9H18F2N2/c10-9(11)7-12-4-1-2-8-3-5-13-6-8/h8-9,12-13H,1-7H2. The Labute approximate surface area is 78.1 Å². The molecule has 0 aromatic heterocycles. The maximum absolute atomic E-state index is 11.7. The molecule has 2 N–H and O–H groups in total. The van der Waals surface area contributed by atoms with Gasteiger partial charge in [0.05, 0.1) is 6.54 Å². The molecule has 0 bridgehead atoms. The first-order chi connectivity index (χ1) is 6.29. The molecule has 0 amide bonds. The van der Waals surface area contributed by atoms with Crippen molar-refractivity contribution in [3.8, 4) is 0 Å². The van der Waals surface area contributed by atoms with Gasteiger partial charge in [0, 0.05) is 0 Å². The minimum Gasteiger partial charge on any atom is -0.316 e. The molecule has 13 heavy (non-hydrogen) atoms. The zero-order chi connectivity index (χ0) is 9.52. The van der Waals surface area contributed by atoms with Gasteiger partial charge in [-0.25, -0.2) is 8.78 Å². The SMILES string of the molecule is FC(F)CNCCCC1CCNC1. The Balaban J connectivity index is 1.83. The quantitative estimate of drug-likeness (QED) is 0.618. The van der Waals surface area contributed by atoms with Crippen LogP contribution in [0.5, 0.6) is 0 Å². The highest BCUT2D eigenvalue weighted by molar-refractivity contribution is 4.71. The second kappa shape index (κ2) is 6.27. The molecule has 1 heterocycles. The van der Waals surface area contributed by atoms with Crippen LogP contribution in [0.4, 0.5) is 8.78 Å². The molecule has 0 aromatic carbocycles. The number of rotatable bonds is 6. The molecule has 0 radical (unpaired) electrons. The molecule has 1 fully saturated rings. The normalized spacial score (nSPS) is 22.8. The van der Waals surface area contributed by atoms with E-state index >= 15 is 0 Å². The lowest BCUT2D eigenvalue weighted by Crippen LogP contribution is -2.22. The van der Waals surface area contributed by atoms with Crippen molar-refractivity contribution in [3.05, 3.63) is 0 Å². The van der Waals surface area contributed by atoms with E-state index in [4.69, 9.17) is 0 Å². The molecule has 0 aliphatic carbocycles. The zero-order valence-electron chi connectivity index (χ0n) is 7.86. The molecule has 1 unspecified atom stereocenters. The second-order valence-electron chi connectivity index (χ2n) is 3.60. The van der Waals surface area contributed by atoms with Gasteiger partial charge in [-0.2, -0.15) is 0 Å². The van der Waals surface area contributed by atoms with Crippen LogP contribution in [0.25, 0.3) is 0 Å². The van der Waals surface area contributed by atoms with Crippen LogP contribution in [-0.2, 0) is 0 Å². The van der Waals surface area contributed by atoms with E-state index in [1.54, 1.807) is 0 Å². The summed E-state index contributed by atoms with van der Waals surface area (Å²) in [5.41, 5.74) is 0. The molecule has 1 rings (SSSR count). The van der Waals surface area contributed by atoms with Gasteiger partial charge < -0.3 is 10.6 Å². The van der Waals surface area contributed by atoms with Gasteiger partial charge in [0.2, 0.25) is 0 Å². The van der Waals surface area contributed by atoms with Crippen LogP contribution < -0.4 is 10.6 Å². The Hall–Kier alpha value is -0.220. The summed E-state index contributed by atoms with van der Waals surface area (Å²) in [7, 11) is 0. The highest BCUT2D eigenvalue weighted by atomic mass is 19.3. The fraction of sp³-hybridized carbons (Fsp3) is 1.00. The van der Waals surface area contributed by atoms with Gasteiger partial charge in [-0.15, -0.1) is 0 Å². The summed E-state index contributed by atoms with van der Waals surface area (Å²) in [5.74, 6) is 0.772. The highest BCUT2D eigenvalue weighted by Gasteiger charge is 2.13. The van der Waals surface area contributed by atoms with Gasteiger partial charge in [0.15, 0.2) is 0 Å². The van der Waals surface area contributed by atoms with E-state index in [1.807, 2.05) is 0 Å². The number of hydrogen-bond acceptors (Lipinski definition) is 2. The van der Waals surface area contributed by atoms with Crippen molar-refractivity contribution in [1.82, 2.24) is 10.6 Å². The van der Waals surface area contributed by atoms with E-state index < -0.39 is 6.43 Å². The summed E-state index contributed by atoms with van der Waals surface area (Å²) < 4.78 is 23.4. The van der Waals surface area contributed by atoms with E-state index in [9.17, 15) is 8.78 Å². The minimum absolute atomic E-state index is 0.164. The summed E-state index contributed by atoms with van der Waals surface area (Å²) in [6.07, 6.45) is 1.20. The summed E-state index contributed by atoms with van der Waals surface area (Å²) >= 11 is 0. The van der Waals surface area contributed by atoms with Crippen LogP contribution in [0, 0.1) is 5.92 Å². The van der Waals surface area contributed by atoms with E-state index in [2.05, 4.69) is 10.6 Å². The molecule has 0 spiro atoms. The Morgan fingerprint density at radius 1 is 1.46 bits per heavy atom. The summed E-state index contributed by atoms with van der Waals surface area (Å²) in [6, 6.07) is 0. The van der Waals surface area contributed by atoms with E-state index in [0.29, 0.717) is 0 Å². The van der Waals surface area contributed by atoms with E-state index in [-0.39, 0.29) is 6.54 Å². The zero-order valence-corrected chi connectivity index (χ0v) is 7.86. The number of nitrogens with one attached hydrogen (secondary N) is 2. The van der Waals surface area contributed by atoms with Gasteiger partial charge in [0.1, 0.15) is 0 Å². The van der Waals surface area contributed by atoms with Crippen molar-refractivity contribution in [1.29, 1.82) is 0 Å². The fourth-order valence-electron chi connectivity index (χ4n) is 1.69. The molecule has 0 saturated carbocycles. The predicted octanol–water partition coefficient (Wildman–Crippen LogP) is 1.23. The Kier molecular flexibility index (Phi) is 5.23. The van der Waals surface area contributed by atoms with Crippen molar-refractivity contribution < 1.29 is 8.78 Å². The molecule has 1 aliphatic rings. The third-order valence-corrected chi connectivity index (χ3v) is 2.43. The molecule has 1 saturated heterocycles. The second-order valence-corrected chi connectivity index (χ2v) is 3.60. The molecular weight excluding hydrogens is 174 g/mol. The number of alkyl halides is 2. The van der Waals surface area contributed by atoms with Crippen molar-refractivity contribution in [2.45, 2.75) is 25.7 Å². The van der Waals surface area contributed by atoms with Crippen molar-refractivity contribution in [2.75, 3.05) is 26.2 Å². The van der Waals surface area contributed by atoms with Crippen molar-refractivity contribution in [3.63, 3.8) is 0 Å².